The van der Waals surface area contributed by atoms with Crippen LogP contribution in [0.2, 0.25) is 0 Å². The summed E-state index contributed by atoms with van der Waals surface area (Å²) in [7, 11) is 1.71. The maximum atomic E-state index is 14.8. The third-order valence-electron chi connectivity index (χ3n) is 6.66. The Morgan fingerprint density at radius 3 is 2.48 bits per heavy atom. The van der Waals surface area contributed by atoms with Crippen molar-refractivity contribution in [2.45, 2.75) is 86.3 Å². The molecule has 1 N–H and O–H groups in total. The number of rotatable bonds is 10. The summed E-state index contributed by atoms with van der Waals surface area (Å²) in [6.07, 6.45) is 5.71. The number of benzene rings is 1. The highest BCUT2D eigenvalue weighted by molar-refractivity contribution is 5.91. The average molecular weight is 610 g/mol. The molecule has 1 aromatic carbocycles. The number of imidazole rings is 1. The number of hydrogen-bond acceptors (Lipinski definition) is 6. The van der Waals surface area contributed by atoms with E-state index in [1.807, 2.05) is 27.7 Å². The standard InChI is InChI=1S/C33H44FN5O5/c1-9-37(8)28(41)16-12-10-11-15-27(40)35-24-14-13-17-38(30(24)42)21-26-36-29-22(20-32(2,3)4)18-23(34)19-25(29)39(26)31(43)44-33(5,6)7/h12-14,16-19H,9-11,15,20-21H2,1-8H3,(H,35,40)/b16-12+. The zero-order valence-corrected chi connectivity index (χ0v) is 27.0. The second kappa shape index (κ2) is 14.0. The molecule has 3 rings (SSSR count). The van der Waals surface area contributed by atoms with Crippen molar-refractivity contribution in [2.24, 2.45) is 5.41 Å². The smallest absolute Gasteiger partial charge is 0.420 e. The summed E-state index contributed by atoms with van der Waals surface area (Å²) < 4.78 is 23.0. The van der Waals surface area contributed by atoms with E-state index in [0.29, 0.717) is 36.9 Å². The third-order valence-corrected chi connectivity index (χ3v) is 6.66. The first-order chi connectivity index (χ1) is 20.5. The van der Waals surface area contributed by atoms with Crippen LogP contribution in [-0.2, 0) is 27.3 Å². The number of hydrogen-bond donors (Lipinski definition) is 1. The molecular formula is C33H44FN5O5. The van der Waals surface area contributed by atoms with Crippen LogP contribution in [0.1, 0.15) is 79.1 Å². The predicted molar refractivity (Wildman–Crippen MR) is 169 cm³/mol. The first-order valence-corrected chi connectivity index (χ1v) is 14.8. The lowest BCUT2D eigenvalue weighted by atomic mass is 9.87. The third kappa shape index (κ3) is 9.36. The van der Waals surface area contributed by atoms with E-state index >= 15 is 0 Å². The van der Waals surface area contributed by atoms with Crippen molar-refractivity contribution >= 4 is 34.6 Å². The first-order valence-electron chi connectivity index (χ1n) is 14.8. The van der Waals surface area contributed by atoms with Crippen LogP contribution in [0.25, 0.3) is 11.0 Å². The Bertz CT molecular complexity index is 1610. The van der Waals surface area contributed by atoms with E-state index < -0.39 is 23.1 Å². The van der Waals surface area contributed by atoms with E-state index in [1.54, 1.807) is 44.9 Å². The molecule has 0 atom stereocenters. The van der Waals surface area contributed by atoms with Crippen LogP contribution in [0, 0.1) is 11.2 Å². The number of amides is 2. The number of aromatic nitrogens is 3. The number of nitrogens with one attached hydrogen (secondary N) is 1. The molecule has 0 saturated carbocycles. The number of pyridine rings is 1. The van der Waals surface area contributed by atoms with Gasteiger partial charge in [-0.05, 0) is 82.2 Å². The van der Waals surface area contributed by atoms with Gasteiger partial charge in [0, 0.05) is 32.3 Å². The minimum absolute atomic E-state index is 0.0761. The molecule has 2 aromatic heterocycles. The second-order valence-corrected chi connectivity index (χ2v) is 13.1. The Labute approximate surface area is 257 Å². The van der Waals surface area contributed by atoms with Crippen molar-refractivity contribution < 1.29 is 23.5 Å². The molecule has 0 aliphatic heterocycles. The molecule has 0 bridgehead atoms. The van der Waals surface area contributed by atoms with Crippen molar-refractivity contribution in [3.8, 4) is 0 Å². The van der Waals surface area contributed by atoms with E-state index in [-0.39, 0.29) is 47.2 Å². The van der Waals surface area contributed by atoms with E-state index in [4.69, 9.17) is 9.72 Å². The van der Waals surface area contributed by atoms with Crippen molar-refractivity contribution in [3.05, 3.63) is 70.2 Å². The first kappa shape index (κ1) is 34.2. The molecular weight excluding hydrogens is 565 g/mol. The van der Waals surface area contributed by atoms with Gasteiger partial charge in [0.1, 0.15) is 22.9 Å². The molecule has 11 heteroatoms. The largest absolute Gasteiger partial charge is 0.443 e. The molecule has 2 heterocycles. The predicted octanol–water partition coefficient (Wildman–Crippen LogP) is 5.90. The molecule has 3 aromatic rings. The second-order valence-electron chi connectivity index (χ2n) is 13.1. The topological polar surface area (TPSA) is 116 Å². The van der Waals surface area contributed by atoms with E-state index in [1.165, 1.54) is 39.6 Å². The number of allylic oxidation sites excluding steroid dienone is 1. The molecule has 0 saturated heterocycles. The number of likely N-dealkylation sites (N-methyl/N-ethyl adjacent to an activating group) is 1. The molecule has 2 amide bonds. The Hall–Kier alpha value is -4.28. The van der Waals surface area contributed by atoms with Crippen LogP contribution in [0.5, 0.6) is 0 Å². The molecule has 44 heavy (non-hydrogen) atoms. The number of fused-ring (bicyclic) bond motifs is 1. The molecule has 0 spiro atoms. The fraction of sp³-hybridized carbons (Fsp3) is 0.485. The summed E-state index contributed by atoms with van der Waals surface area (Å²) in [5.41, 5.74) is -0.0736. The summed E-state index contributed by atoms with van der Waals surface area (Å²) in [5, 5.41) is 2.66. The molecule has 0 fully saturated rings. The van der Waals surface area contributed by atoms with Gasteiger partial charge in [-0.2, -0.15) is 0 Å². The van der Waals surface area contributed by atoms with Gasteiger partial charge >= 0.3 is 6.09 Å². The zero-order chi connectivity index (χ0) is 32.8. The van der Waals surface area contributed by atoms with Crippen molar-refractivity contribution in [3.63, 3.8) is 0 Å². The summed E-state index contributed by atoms with van der Waals surface area (Å²) in [4.78, 5) is 57.5. The van der Waals surface area contributed by atoms with Crippen LogP contribution < -0.4 is 10.9 Å². The van der Waals surface area contributed by atoms with Crippen molar-refractivity contribution in [1.29, 1.82) is 0 Å². The molecule has 238 valence electrons. The van der Waals surface area contributed by atoms with E-state index in [0.717, 1.165) is 0 Å². The van der Waals surface area contributed by atoms with Gasteiger partial charge in [0.25, 0.3) is 5.56 Å². The number of unbranched alkanes of at least 4 members (excludes halogenated alkanes) is 1. The number of nitrogens with zero attached hydrogens (tertiary/aromatic N) is 4. The van der Waals surface area contributed by atoms with E-state index in [9.17, 15) is 23.6 Å². The van der Waals surface area contributed by atoms with Crippen molar-refractivity contribution in [1.82, 2.24) is 19.0 Å². The lowest BCUT2D eigenvalue weighted by Crippen LogP contribution is -2.30. The fourth-order valence-corrected chi connectivity index (χ4v) is 4.55. The number of ether oxygens (including phenoxy) is 1. The van der Waals surface area contributed by atoms with Crippen molar-refractivity contribution in [2.75, 3.05) is 18.9 Å². The molecule has 0 aliphatic carbocycles. The van der Waals surface area contributed by atoms with Gasteiger partial charge < -0.3 is 19.5 Å². The minimum Gasteiger partial charge on any atom is -0.443 e. The lowest BCUT2D eigenvalue weighted by Gasteiger charge is -2.21. The summed E-state index contributed by atoms with van der Waals surface area (Å²) in [6.45, 7) is 13.6. The number of carbonyl (C=O) groups is 3. The Morgan fingerprint density at radius 2 is 1.84 bits per heavy atom. The number of halogens is 1. The normalized spacial score (nSPS) is 12.1. The SMILES string of the molecule is CCN(C)C(=O)/C=C/CCCC(=O)Nc1cccn(Cc2nc3c(CC(C)(C)C)cc(F)cc3n2C(=O)OC(C)(C)C)c1=O. The summed E-state index contributed by atoms with van der Waals surface area (Å²) in [6, 6.07) is 5.78. The monoisotopic (exact) mass is 609 g/mol. The molecule has 0 aliphatic rings. The Morgan fingerprint density at radius 1 is 1.14 bits per heavy atom. The van der Waals surface area contributed by atoms with Gasteiger partial charge in [-0.15, -0.1) is 0 Å². The number of carbonyl (C=O) groups excluding carboxylic acids is 3. The average Bonchev–Trinajstić information content (AvgIpc) is 3.26. The zero-order valence-electron chi connectivity index (χ0n) is 27.0. The van der Waals surface area contributed by atoms with Crippen LogP contribution in [-0.4, -0.2) is 56.1 Å². The minimum atomic E-state index is -0.829. The van der Waals surface area contributed by atoms with Gasteiger partial charge in [0.05, 0.1) is 17.6 Å². The maximum Gasteiger partial charge on any atom is 0.420 e. The summed E-state index contributed by atoms with van der Waals surface area (Å²) in [5.74, 6) is -0.757. The van der Waals surface area contributed by atoms with Gasteiger partial charge in [0.2, 0.25) is 11.8 Å². The highest BCUT2D eigenvalue weighted by Gasteiger charge is 2.26. The van der Waals surface area contributed by atoms with E-state index in [2.05, 4.69) is 5.32 Å². The quantitative estimate of drug-likeness (QED) is 0.226. The van der Waals surface area contributed by atoms with Crippen LogP contribution in [0.15, 0.2) is 47.4 Å². The molecule has 10 nitrogen and oxygen atoms in total. The Kier molecular flexibility index (Phi) is 10.9. The van der Waals surface area contributed by atoms with Crippen LogP contribution >= 0.6 is 0 Å². The maximum absolute atomic E-state index is 14.8. The highest BCUT2D eigenvalue weighted by atomic mass is 19.1. The summed E-state index contributed by atoms with van der Waals surface area (Å²) >= 11 is 0. The van der Waals surface area contributed by atoms with Gasteiger partial charge in [-0.3, -0.25) is 14.4 Å². The Balaban J connectivity index is 1.88. The van der Waals surface area contributed by atoms with Gasteiger partial charge in [-0.1, -0.05) is 26.8 Å². The van der Waals surface area contributed by atoms with Crippen LogP contribution in [0.4, 0.5) is 14.9 Å². The fourth-order valence-electron chi connectivity index (χ4n) is 4.55. The number of anilines is 1. The molecule has 0 unspecified atom stereocenters. The van der Waals surface area contributed by atoms with Gasteiger partial charge in [-0.25, -0.2) is 18.7 Å². The van der Waals surface area contributed by atoms with Crippen LogP contribution in [0.3, 0.4) is 0 Å². The lowest BCUT2D eigenvalue weighted by molar-refractivity contribution is -0.124. The molecule has 0 radical (unpaired) electrons. The highest BCUT2D eigenvalue weighted by Crippen LogP contribution is 2.29. The van der Waals surface area contributed by atoms with Gasteiger partial charge in [0.15, 0.2) is 0 Å².